The SMILES string of the molecule is CN(C)c1cccc2c(S)cccc12.CO. The number of aliphatic hydroxyl groups is 1. The molecule has 0 aliphatic carbocycles. The Morgan fingerprint density at radius 2 is 1.50 bits per heavy atom. The maximum Gasteiger partial charge on any atom is 0.0441 e. The first-order valence-corrected chi connectivity index (χ1v) is 5.47. The normalized spacial score (nSPS) is 9.56. The smallest absolute Gasteiger partial charge is 0.0441 e. The van der Waals surface area contributed by atoms with Crippen molar-refractivity contribution < 1.29 is 5.11 Å². The Bertz CT molecular complexity index is 468. The summed E-state index contributed by atoms with van der Waals surface area (Å²) in [5.74, 6) is 0. The molecule has 0 amide bonds. The van der Waals surface area contributed by atoms with Gasteiger partial charge in [0.05, 0.1) is 0 Å². The molecule has 0 aliphatic rings. The van der Waals surface area contributed by atoms with Gasteiger partial charge in [0.25, 0.3) is 0 Å². The highest BCUT2D eigenvalue weighted by Crippen LogP contribution is 2.29. The molecule has 0 atom stereocenters. The van der Waals surface area contributed by atoms with Gasteiger partial charge in [-0.1, -0.05) is 24.3 Å². The number of thiol groups is 1. The highest BCUT2D eigenvalue weighted by molar-refractivity contribution is 7.80. The number of hydrogen-bond acceptors (Lipinski definition) is 3. The molecule has 0 aliphatic heterocycles. The molecule has 0 heterocycles. The Labute approximate surface area is 102 Å². The van der Waals surface area contributed by atoms with E-state index in [1.165, 1.54) is 16.5 Å². The van der Waals surface area contributed by atoms with Crippen LogP contribution in [0.1, 0.15) is 0 Å². The highest BCUT2D eigenvalue weighted by Gasteiger charge is 2.03. The summed E-state index contributed by atoms with van der Waals surface area (Å²) in [5.41, 5.74) is 1.23. The van der Waals surface area contributed by atoms with Crippen molar-refractivity contribution in [1.82, 2.24) is 0 Å². The lowest BCUT2D eigenvalue weighted by Crippen LogP contribution is -2.08. The van der Waals surface area contributed by atoms with E-state index in [-0.39, 0.29) is 0 Å². The van der Waals surface area contributed by atoms with Gasteiger partial charge >= 0.3 is 0 Å². The second-order valence-electron chi connectivity index (χ2n) is 3.54. The van der Waals surface area contributed by atoms with E-state index in [0.717, 1.165) is 12.0 Å². The van der Waals surface area contributed by atoms with Crippen LogP contribution < -0.4 is 4.90 Å². The van der Waals surface area contributed by atoms with E-state index in [9.17, 15) is 0 Å². The molecule has 2 aromatic rings. The van der Waals surface area contributed by atoms with Crippen LogP contribution in [0, 0.1) is 0 Å². The van der Waals surface area contributed by atoms with Gasteiger partial charge in [-0.05, 0) is 17.5 Å². The third-order valence-electron chi connectivity index (χ3n) is 2.36. The van der Waals surface area contributed by atoms with E-state index >= 15 is 0 Å². The fourth-order valence-corrected chi connectivity index (χ4v) is 1.95. The summed E-state index contributed by atoms with van der Waals surface area (Å²) >= 11 is 4.45. The average molecular weight is 235 g/mol. The molecule has 0 saturated carbocycles. The molecular formula is C13H17NOS. The molecule has 0 aromatic heterocycles. The molecule has 2 nitrogen and oxygen atoms in total. The van der Waals surface area contributed by atoms with Crippen LogP contribution in [0.5, 0.6) is 0 Å². The van der Waals surface area contributed by atoms with Crippen molar-refractivity contribution in [3.63, 3.8) is 0 Å². The van der Waals surface area contributed by atoms with Crippen molar-refractivity contribution in [2.24, 2.45) is 0 Å². The van der Waals surface area contributed by atoms with Crippen molar-refractivity contribution in [3.05, 3.63) is 36.4 Å². The minimum Gasteiger partial charge on any atom is -0.400 e. The number of hydrogen-bond donors (Lipinski definition) is 2. The van der Waals surface area contributed by atoms with Crippen LogP contribution >= 0.6 is 12.6 Å². The van der Waals surface area contributed by atoms with Gasteiger partial charge in [-0.3, -0.25) is 0 Å². The molecule has 0 bridgehead atoms. The third kappa shape index (κ3) is 2.49. The Morgan fingerprint density at radius 1 is 0.938 bits per heavy atom. The molecular weight excluding hydrogens is 218 g/mol. The molecule has 1 N–H and O–H groups in total. The molecule has 2 rings (SSSR count). The molecule has 0 saturated heterocycles. The molecule has 3 heteroatoms. The lowest BCUT2D eigenvalue weighted by molar-refractivity contribution is 0.399. The first-order valence-electron chi connectivity index (χ1n) is 5.03. The summed E-state index contributed by atoms with van der Waals surface area (Å²) in [5, 5.41) is 9.46. The Kier molecular flexibility index (Phi) is 4.65. The summed E-state index contributed by atoms with van der Waals surface area (Å²) in [4.78, 5) is 3.15. The monoisotopic (exact) mass is 235 g/mol. The van der Waals surface area contributed by atoms with Crippen LogP contribution in [0.2, 0.25) is 0 Å². The predicted octanol–water partition coefficient (Wildman–Crippen LogP) is 2.80. The molecule has 0 spiro atoms. The van der Waals surface area contributed by atoms with Gasteiger partial charge < -0.3 is 10.0 Å². The number of anilines is 1. The Hall–Kier alpha value is -1.19. The summed E-state index contributed by atoms with van der Waals surface area (Å²) < 4.78 is 0. The van der Waals surface area contributed by atoms with Gasteiger partial charge in [0, 0.05) is 37.2 Å². The minimum absolute atomic E-state index is 1.00. The fraction of sp³-hybridized carbons (Fsp3) is 0.231. The average Bonchev–Trinajstić information content (AvgIpc) is 2.31. The zero-order valence-corrected chi connectivity index (χ0v) is 10.7. The van der Waals surface area contributed by atoms with Gasteiger partial charge in [-0.15, -0.1) is 12.6 Å². The van der Waals surface area contributed by atoms with Gasteiger partial charge in [-0.25, -0.2) is 0 Å². The van der Waals surface area contributed by atoms with Gasteiger partial charge in [0.1, 0.15) is 0 Å². The van der Waals surface area contributed by atoms with Gasteiger partial charge in [0.15, 0.2) is 0 Å². The van der Waals surface area contributed by atoms with Crippen molar-refractivity contribution in [2.45, 2.75) is 4.90 Å². The van der Waals surface area contributed by atoms with E-state index in [1.54, 1.807) is 0 Å². The Morgan fingerprint density at radius 3 is 2.12 bits per heavy atom. The quantitative estimate of drug-likeness (QED) is 0.743. The molecule has 0 unspecified atom stereocenters. The topological polar surface area (TPSA) is 23.5 Å². The van der Waals surface area contributed by atoms with Crippen LogP contribution in [-0.2, 0) is 0 Å². The van der Waals surface area contributed by atoms with Crippen molar-refractivity contribution in [1.29, 1.82) is 0 Å². The van der Waals surface area contributed by atoms with Crippen LogP contribution in [0.3, 0.4) is 0 Å². The van der Waals surface area contributed by atoms with Crippen LogP contribution in [-0.4, -0.2) is 26.3 Å². The summed E-state index contributed by atoms with van der Waals surface area (Å²) in [6.45, 7) is 0. The van der Waals surface area contributed by atoms with Gasteiger partial charge in [0.2, 0.25) is 0 Å². The number of rotatable bonds is 1. The Balaban J connectivity index is 0.000000606. The molecule has 0 fully saturated rings. The van der Waals surface area contributed by atoms with Crippen molar-refractivity contribution in [3.8, 4) is 0 Å². The van der Waals surface area contributed by atoms with E-state index in [0.29, 0.717) is 0 Å². The second kappa shape index (κ2) is 5.77. The van der Waals surface area contributed by atoms with E-state index in [4.69, 9.17) is 5.11 Å². The lowest BCUT2D eigenvalue weighted by atomic mass is 10.1. The number of benzene rings is 2. The van der Waals surface area contributed by atoms with Crippen LogP contribution in [0.25, 0.3) is 10.8 Å². The minimum atomic E-state index is 1.00. The standard InChI is InChI=1S/C12H13NS.CH4O/c1-13(2)11-7-3-6-10-9(11)5-4-8-12(10)14;1-2/h3-8,14H,1-2H3;2H,1H3. The van der Waals surface area contributed by atoms with Crippen LogP contribution in [0.4, 0.5) is 5.69 Å². The van der Waals surface area contributed by atoms with E-state index in [2.05, 4.69) is 55.9 Å². The number of aliphatic hydroxyl groups excluding tert-OH is 1. The number of fused-ring (bicyclic) bond motifs is 1. The molecule has 2 aromatic carbocycles. The summed E-state index contributed by atoms with van der Waals surface area (Å²) in [6.07, 6.45) is 0. The molecule has 0 radical (unpaired) electrons. The zero-order chi connectivity index (χ0) is 12.1. The highest BCUT2D eigenvalue weighted by atomic mass is 32.1. The molecule has 16 heavy (non-hydrogen) atoms. The fourth-order valence-electron chi connectivity index (χ4n) is 1.67. The third-order valence-corrected chi connectivity index (χ3v) is 2.75. The first kappa shape index (κ1) is 12.9. The first-order chi connectivity index (χ1) is 7.70. The second-order valence-corrected chi connectivity index (χ2v) is 4.03. The van der Waals surface area contributed by atoms with E-state index < -0.39 is 0 Å². The summed E-state index contributed by atoms with van der Waals surface area (Å²) in [6, 6.07) is 12.5. The van der Waals surface area contributed by atoms with Crippen molar-refractivity contribution >= 4 is 29.1 Å². The zero-order valence-electron chi connectivity index (χ0n) is 9.81. The van der Waals surface area contributed by atoms with Crippen LogP contribution in [0.15, 0.2) is 41.3 Å². The lowest BCUT2D eigenvalue weighted by Gasteiger charge is -2.15. The number of nitrogens with zero attached hydrogens (tertiary/aromatic N) is 1. The maximum atomic E-state index is 7.00. The molecule has 86 valence electrons. The van der Waals surface area contributed by atoms with Gasteiger partial charge in [-0.2, -0.15) is 0 Å². The van der Waals surface area contributed by atoms with E-state index in [1.807, 2.05) is 12.1 Å². The summed E-state index contributed by atoms with van der Waals surface area (Å²) in [7, 11) is 5.11. The maximum absolute atomic E-state index is 7.00. The largest absolute Gasteiger partial charge is 0.400 e. The van der Waals surface area contributed by atoms with Crippen molar-refractivity contribution in [2.75, 3.05) is 26.1 Å². The predicted molar refractivity (Wildman–Crippen MR) is 73.7 cm³/mol.